The number of rotatable bonds is 6. The van der Waals surface area contributed by atoms with Gasteiger partial charge in [0, 0.05) is 24.6 Å². The quantitative estimate of drug-likeness (QED) is 0.864. The lowest BCUT2D eigenvalue weighted by molar-refractivity contribution is -0.135. The molecular formula is C15H23BrN2O2. The van der Waals surface area contributed by atoms with Crippen LogP contribution in [0.4, 0.5) is 0 Å². The largest absolute Gasteiger partial charge is 0.481 e. The maximum Gasteiger partial charge on any atom is 0.262 e. The molecule has 112 valence electrons. The van der Waals surface area contributed by atoms with Crippen molar-refractivity contribution >= 4 is 21.8 Å². The molecule has 0 aromatic heterocycles. The summed E-state index contributed by atoms with van der Waals surface area (Å²) in [4.78, 5) is 13.3. The highest BCUT2D eigenvalue weighted by molar-refractivity contribution is 9.10. The van der Waals surface area contributed by atoms with E-state index in [1.807, 2.05) is 18.2 Å². The number of likely N-dealkylation sites (N-methyl/N-ethyl adjacent to an activating group) is 1. The Morgan fingerprint density at radius 3 is 2.65 bits per heavy atom. The molecule has 4 nitrogen and oxygen atoms in total. The third-order valence-corrected chi connectivity index (χ3v) is 3.90. The first-order valence-corrected chi connectivity index (χ1v) is 7.56. The minimum absolute atomic E-state index is 0.0558. The van der Waals surface area contributed by atoms with E-state index in [4.69, 9.17) is 10.5 Å². The Balaban J connectivity index is 2.82. The molecule has 1 aromatic carbocycles. The van der Waals surface area contributed by atoms with Gasteiger partial charge < -0.3 is 15.4 Å². The van der Waals surface area contributed by atoms with Crippen molar-refractivity contribution in [1.82, 2.24) is 4.90 Å². The van der Waals surface area contributed by atoms with Crippen LogP contribution < -0.4 is 10.5 Å². The maximum atomic E-state index is 11.8. The van der Waals surface area contributed by atoms with Gasteiger partial charge in [-0.25, -0.2) is 0 Å². The summed E-state index contributed by atoms with van der Waals surface area (Å²) in [5, 5.41) is 0. The van der Waals surface area contributed by atoms with E-state index in [1.54, 1.807) is 21.0 Å². The van der Waals surface area contributed by atoms with Crippen LogP contribution in [-0.4, -0.2) is 37.0 Å². The molecule has 2 atom stereocenters. The number of hydrogen-bond acceptors (Lipinski definition) is 3. The summed E-state index contributed by atoms with van der Waals surface area (Å²) in [7, 11) is 3.44. The standard InChI is InChI=1S/C15H23BrN2O2/c1-5-12(17)8-11-9-13(6-7-14(11)16)20-10(2)15(19)18(3)4/h6-7,9-10,12H,5,8,17H2,1-4H3. The molecule has 1 rings (SSSR count). The van der Waals surface area contributed by atoms with Crippen LogP contribution in [0.25, 0.3) is 0 Å². The van der Waals surface area contributed by atoms with Crippen LogP contribution in [-0.2, 0) is 11.2 Å². The first kappa shape index (κ1) is 17.0. The molecule has 0 saturated heterocycles. The molecular weight excluding hydrogens is 320 g/mol. The number of carbonyl (C=O) groups excluding carboxylic acids is 1. The van der Waals surface area contributed by atoms with Crippen molar-refractivity contribution in [2.24, 2.45) is 5.73 Å². The van der Waals surface area contributed by atoms with Crippen molar-refractivity contribution in [2.75, 3.05) is 14.1 Å². The zero-order valence-electron chi connectivity index (χ0n) is 12.5. The van der Waals surface area contributed by atoms with Gasteiger partial charge in [-0.15, -0.1) is 0 Å². The minimum atomic E-state index is -0.501. The van der Waals surface area contributed by atoms with Crippen LogP contribution in [0.1, 0.15) is 25.8 Å². The van der Waals surface area contributed by atoms with Gasteiger partial charge in [-0.1, -0.05) is 22.9 Å². The first-order valence-electron chi connectivity index (χ1n) is 6.77. The number of amides is 1. The van der Waals surface area contributed by atoms with Crippen molar-refractivity contribution in [3.8, 4) is 5.75 Å². The lowest BCUT2D eigenvalue weighted by Crippen LogP contribution is -2.35. The maximum absolute atomic E-state index is 11.8. The Morgan fingerprint density at radius 1 is 1.45 bits per heavy atom. The predicted molar refractivity (Wildman–Crippen MR) is 84.9 cm³/mol. The number of nitrogens with zero attached hydrogens (tertiary/aromatic N) is 1. The Labute approximate surface area is 129 Å². The lowest BCUT2D eigenvalue weighted by Gasteiger charge is -2.19. The van der Waals surface area contributed by atoms with E-state index in [-0.39, 0.29) is 11.9 Å². The molecule has 20 heavy (non-hydrogen) atoms. The fourth-order valence-electron chi connectivity index (χ4n) is 1.83. The second-order valence-electron chi connectivity index (χ2n) is 5.12. The summed E-state index contributed by atoms with van der Waals surface area (Å²) in [6.45, 7) is 3.82. The van der Waals surface area contributed by atoms with Crippen molar-refractivity contribution in [3.05, 3.63) is 28.2 Å². The summed E-state index contributed by atoms with van der Waals surface area (Å²) in [5.41, 5.74) is 7.09. The van der Waals surface area contributed by atoms with E-state index >= 15 is 0 Å². The number of halogens is 1. The van der Waals surface area contributed by atoms with Crippen molar-refractivity contribution in [2.45, 2.75) is 38.8 Å². The third kappa shape index (κ3) is 4.80. The van der Waals surface area contributed by atoms with E-state index in [2.05, 4.69) is 22.9 Å². The lowest BCUT2D eigenvalue weighted by atomic mass is 10.0. The molecule has 0 fully saturated rings. The molecule has 1 aromatic rings. The van der Waals surface area contributed by atoms with Gasteiger partial charge in [-0.05, 0) is 43.5 Å². The van der Waals surface area contributed by atoms with Crippen molar-refractivity contribution in [3.63, 3.8) is 0 Å². The summed E-state index contributed by atoms with van der Waals surface area (Å²) in [6.07, 6.45) is 1.20. The molecule has 5 heteroatoms. The average Bonchev–Trinajstić information content (AvgIpc) is 2.41. The highest BCUT2D eigenvalue weighted by Crippen LogP contribution is 2.24. The van der Waals surface area contributed by atoms with Crippen molar-refractivity contribution < 1.29 is 9.53 Å². The van der Waals surface area contributed by atoms with E-state index in [0.29, 0.717) is 5.75 Å². The number of benzene rings is 1. The molecule has 0 heterocycles. The SMILES string of the molecule is CCC(N)Cc1cc(OC(C)C(=O)N(C)C)ccc1Br. The van der Waals surface area contributed by atoms with Crippen LogP contribution >= 0.6 is 15.9 Å². The summed E-state index contributed by atoms with van der Waals surface area (Å²) in [5.74, 6) is 0.633. The normalized spacial score (nSPS) is 13.7. The fraction of sp³-hybridized carbons (Fsp3) is 0.533. The molecule has 1 amide bonds. The van der Waals surface area contributed by atoms with Gasteiger partial charge >= 0.3 is 0 Å². The number of hydrogen-bond donors (Lipinski definition) is 1. The van der Waals surface area contributed by atoms with E-state index in [9.17, 15) is 4.79 Å². The highest BCUT2D eigenvalue weighted by atomic mass is 79.9. The minimum Gasteiger partial charge on any atom is -0.481 e. The van der Waals surface area contributed by atoms with Gasteiger partial charge in [0.25, 0.3) is 5.91 Å². The molecule has 0 radical (unpaired) electrons. The average molecular weight is 343 g/mol. The Hall–Kier alpha value is -1.07. The molecule has 0 bridgehead atoms. The van der Waals surface area contributed by atoms with Gasteiger partial charge in [0.2, 0.25) is 0 Å². The van der Waals surface area contributed by atoms with E-state index in [1.165, 1.54) is 4.90 Å². The second-order valence-corrected chi connectivity index (χ2v) is 5.97. The zero-order valence-corrected chi connectivity index (χ0v) is 14.1. The molecule has 0 aliphatic heterocycles. The van der Waals surface area contributed by atoms with Crippen molar-refractivity contribution in [1.29, 1.82) is 0 Å². The Morgan fingerprint density at radius 2 is 2.10 bits per heavy atom. The van der Waals surface area contributed by atoms with Crippen LogP contribution in [0, 0.1) is 0 Å². The summed E-state index contributed by atoms with van der Waals surface area (Å²) in [6, 6.07) is 5.85. The van der Waals surface area contributed by atoms with E-state index < -0.39 is 6.10 Å². The smallest absolute Gasteiger partial charge is 0.262 e. The van der Waals surface area contributed by atoms with Crippen LogP contribution in [0.5, 0.6) is 5.75 Å². The Bertz CT molecular complexity index is 463. The number of carbonyl (C=O) groups is 1. The molecule has 0 aliphatic carbocycles. The van der Waals surface area contributed by atoms with Crippen LogP contribution in [0.15, 0.2) is 22.7 Å². The predicted octanol–water partition coefficient (Wildman–Crippen LogP) is 2.58. The highest BCUT2D eigenvalue weighted by Gasteiger charge is 2.17. The molecule has 0 aliphatic rings. The Kier molecular flexibility index (Phi) is 6.49. The monoisotopic (exact) mass is 342 g/mol. The molecule has 0 spiro atoms. The van der Waals surface area contributed by atoms with Crippen LogP contribution in [0.3, 0.4) is 0 Å². The molecule has 0 saturated carbocycles. The van der Waals surface area contributed by atoms with Gasteiger partial charge in [0.15, 0.2) is 6.10 Å². The number of nitrogens with two attached hydrogens (primary N) is 1. The fourth-order valence-corrected chi connectivity index (χ4v) is 2.23. The second kappa shape index (κ2) is 7.64. The topological polar surface area (TPSA) is 55.6 Å². The summed E-state index contributed by atoms with van der Waals surface area (Å²) < 4.78 is 6.71. The van der Waals surface area contributed by atoms with E-state index in [0.717, 1.165) is 22.9 Å². The van der Waals surface area contributed by atoms with Crippen LogP contribution in [0.2, 0.25) is 0 Å². The molecule has 2 unspecified atom stereocenters. The first-order chi connectivity index (χ1) is 9.35. The molecule has 2 N–H and O–H groups in total. The number of ether oxygens (including phenoxy) is 1. The van der Waals surface area contributed by atoms with Gasteiger partial charge in [-0.2, -0.15) is 0 Å². The third-order valence-electron chi connectivity index (χ3n) is 3.13. The summed E-state index contributed by atoms with van der Waals surface area (Å²) >= 11 is 3.52. The van der Waals surface area contributed by atoms with Gasteiger partial charge in [0.1, 0.15) is 5.75 Å². The zero-order chi connectivity index (χ0) is 15.3. The van der Waals surface area contributed by atoms with Gasteiger partial charge in [0.05, 0.1) is 0 Å². The van der Waals surface area contributed by atoms with Gasteiger partial charge in [-0.3, -0.25) is 4.79 Å².